The van der Waals surface area contributed by atoms with Crippen molar-refractivity contribution in [3.63, 3.8) is 0 Å². The molecule has 0 spiro atoms. The third-order valence-corrected chi connectivity index (χ3v) is 3.36. The first-order valence-corrected chi connectivity index (χ1v) is 6.64. The summed E-state index contributed by atoms with van der Waals surface area (Å²) in [7, 11) is 1.38. The fraction of sp³-hybridized carbons (Fsp3) is 0.500. The van der Waals surface area contributed by atoms with Crippen LogP contribution in [0, 0.1) is 0 Å². The van der Waals surface area contributed by atoms with Crippen molar-refractivity contribution in [3.05, 3.63) is 23.8 Å². The van der Waals surface area contributed by atoms with E-state index in [0.29, 0.717) is 11.4 Å². The quantitative estimate of drug-likeness (QED) is 0.557. The number of aliphatic hydroxyl groups is 1. The Balaban J connectivity index is 2.00. The molecular weight excluding hydrogens is 260 g/mol. The standard InChI is InChI=1S/C14H20N2O4/c1-19-14(18)11-3-2-4-13(16-11)20-12-6-5-9(8-17)7-10(12)15/h5-7,11,13,16-17H,2-4,8,15H2,1H3/t11-,13-/m0/s1. The van der Waals surface area contributed by atoms with E-state index in [0.717, 1.165) is 24.8 Å². The molecule has 1 aliphatic rings. The average Bonchev–Trinajstić information content (AvgIpc) is 2.48. The number of nitrogens with two attached hydrogens (primary N) is 1. The number of esters is 1. The number of nitrogens with one attached hydrogen (secondary N) is 1. The molecule has 1 saturated heterocycles. The van der Waals surface area contributed by atoms with Gasteiger partial charge in [0, 0.05) is 0 Å². The number of nitrogen functional groups attached to an aromatic ring is 1. The second-order valence-corrected chi connectivity index (χ2v) is 4.81. The van der Waals surface area contributed by atoms with Crippen molar-refractivity contribution in [2.75, 3.05) is 12.8 Å². The molecule has 20 heavy (non-hydrogen) atoms. The highest BCUT2D eigenvalue weighted by Gasteiger charge is 2.28. The topological polar surface area (TPSA) is 93.8 Å². The number of anilines is 1. The molecule has 4 N–H and O–H groups in total. The average molecular weight is 280 g/mol. The van der Waals surface area contributed by atoms with Gasteiger partial charge in [-0.1, -0.05) is 6.07 Å². The fourth-order valence-corrected chi connectivity index (χ4v) is 2.28. The number of rotatable bonds is 4. The first-order valence-electron chi connectivity index (χ1n) is 6.64. The molecule has 6 nitrogen and oxygen atoms in total. The van der Waals surface area contributed by atoms with Crippen molar-refractivity contribution in [1.29, 1.82) is 0 Å². The summed E-state index contributed by atoms with van der Waals surface area (Å²) in [6, 6.07) is 4.82. The van der Waals surface area contributed by atoms with Gasteiger partial charge in [0.25, 0.3) is 0 Å². The van der Waals surface area contributed by atoms with E-state index in [9.17, 15) is 4.79 Å². The highest BCUT2D eigenvalue weighted by molar-refractivity contribution is 5.75. The van der Waals surface area contributed by atoms with E-state index in [2.05, 4.69) is 5.32 Å². The Hall–Kier alpha value is -1.79. The lowest BCUT2D eigenvalue weighted by Gasteiger charge is -2.30. The van der Waals surface area contributed by atoms with E-state index >= 15 is 0 Å². The molecule has 110 valence electrons. The van der Waals surface area contributed by atoms with Gasteiger partial charge >= 0.3 is 5.97 Å². The highest BCUT2D eigenvalue weighted by atomic mass is 16.5. The van der Waals surface area contributed by atoms with Gasteiger partial charge in [0.2, 0.25) is 0 Å². The SMILES string of the molecule is COC(=O)[C@@H]1CCC[C@H](Oc2ccc(CO)cc2N)N1. The molecule has 0 saturated carbocycles. The van der Waals surface area contributed by atoms with E-state index in [4.69, 9.17) is 20.3 Å². The smallest absolute Gasteiger partial charge is 0.322 e. The summed E-state index contributed by atoms with van der Waals surface area (Å²) < 4.78 is 10.5. The summed E-state index contributed by atoms with van der Waals surface area (Å²) >= 11 is 0. The number of carbonyl (C=O) groups is 1. The molecule has 6 heteroatoms. The molecule has 2 atom stereocenters. The van der Waals surface area contributed by atoms with Crippen LogP contribution in [0.5, 0.6) is 5.75 Å². The summed E-state index contributed by atoms with van der Waals surface area (Å²) in [5, 5.41) is 12.1. The molecule has 1 aromatic rings. The van der Waals surface area contributed by atoms with Crippen molar-refractivity contribution in [1.82, 2.24) is 5.32 Å². The summed E-state index contributed by atoms with van der Waals surface area (Å²) in [5.74, 6) is 0.270. The number of ether oxygens (including phenoxy) is 2. The van der Waals surface area contributed by atoms with Crippen LogP contribution in [-0.2, 0) is 16.1 Å². The van der Waals surface area contributed by atoms with Crippen LogP contribution < -0.4 is 15.8 Å². The van der Waals surface area contributed by atoms with Crippen LogP contribution in [0.3, 0.4) is 0 Å². The molecule has 0 aliphatic carbocycles. The maximum absolute atomic E-state index is 11.5. The van der Waals surface area contributed by atoms with Gasteiger partial charge in [-0.3, -0.25) is 10.1 Å². The van der Waals surface area contributed by atoms with Crippen molar-refractivity contribution < 1.29 is 19.4 Å². The molecule has 1 heterocycles. The van der Waals surface area contributed by atoms with Gasteiger partial charge in [-0.2, -0.15) is 0 Å². The maximum atomic E-state index is 11.5. The number of benzene rings is 1. The first-order chi connectivity index (χ1) is 9.63. The number of aliphatic hydroxyl groups excluding tert-OH is 1. The summed E-state index contributed by atoms with van der Waals surface area (Å²) in [6.45, 7) is -0.0590. The minimum absolute atomic E-state index is 0.0590. The predicted molar refractivity (Wildman–Crippen MR) is 74.0 cm³/mol. The molecular formula is C14H20N2O4. The molecule has 1 fully saturated rings. The lowest BCUT2D eigenvalue weighted by atomic mass is 10.0. The zero-order valence-corrected chi connectivity index (χ0v) is 11.5. The van der Waals surface area contributed by atoms with Gasteiger partial charge in [-0.15, -0.1) is 0 Å². The van der Waals surface area contributed by atoms with E-state index in [1.54, 1.807) is 18.2 Å². The minimum atomic E-state index is -0.336. The molecule has 1 aliphatic heterocycles. The highest BCUT2D eigenvalue weighted by Crippen LogP contribution is 2.25. The molecule has 0 bridgehead atoms. The van der Waals surface area contributed by atoms with Crippen molar-refractivity contribution in [3.8, 4) is 5.75 Å². The minimum Gasteiger partial charge on any atom is -0.473 e. The predicted octanol–water partition coefficient (Wildman–Crippen LogP) is 0.781. The lowest BCUT2D eigenvalue weighted by molar-refractivity contribution is -0.145. The second-order valence-electron chi connectivity index (χ2n) is 4.81. The van der Waals surface area contributed by atoms with Crippen LogP contribution in [0.25, 0.3) is 0 Å². The van der Waals surface area contributed by atoms with Gasteiger partial charge in [-0.25, -0.2) is 0 Å². The Morgan fingerprint density at radius 1 is 1.50 bits per heavy atom. The Labute approximate surface area is 117 Å². The van der Waals surface area contributed by atoms with Crippen LogP contribution in [0.2, 0.25) is 0 Å². The summed E-state index contributed by atoms with van der Waals surface area (Å²) in [6.07, 6.45) is 2.15. The molecule has 2 rings (SSSR count). The van der Waals surface area contributed by atoms with Gasteiger partial charge in [-0.05, 0) is 37.0 Å². The van der Waals surface area contributed by atoms with E-state index in [1.807, 2.05) is 0 Å². The van der Waals surface area contributed by atoms with Crippen LogP contribution in [0.1, 0.15) is 24.8 Å². The molecule has 1 aromatic carbocycles. The molecule has 0 radical (unpaired) electrons. The first kappa shape index (κ1) is 14.6. The van der Waals surface area contributed by atoms with Crippen LogP contribution in [-0.4, -0.2) is 30.5 Å². The Morgan fingerprint density at radius 3 is 2.95 bits per heavy atom. The summed E-state index contributed by atoms with van der Waals surface area (Å²) in [4.78, 5) is 11.5. The van der Waals surface area contributed by atoms with Crippen molar-refractivity contribution in [2.24, 2.45) is 0 Å². The van der Waals surface area contributed by atoms with Gasteiger partial charge in [0.05, 0.1) is 19.4 Å². The van der Waals surface area contributed by atoms with Gasteiger partial charge in [0.15, 0.2) is 6.23 Å². The maximum Gasteiger partial charge on any atom is 0.322 e. The van der Waals surface area contributed by atoms with Gasteiger partial charge < -0.3 is 20.3 Å². The van der Waals surface area contributed by atoms with Crippen LogP contribution in [0.4, 0.5) is 5.69 Å². The normalized spacial score (nSPS) is 22.3. The number of hydrogen-bond acceptors (Lipinski definition) is 6. The number of piperidine rings is 1. The second kappa shape index (κ2) is 6.58. The zero-order chi connectivity index (χ0) is 14.5. The van der Waals surface area contributed by atoms with Gasteiger partial charge in [0.1, 0.15) is 11.8 Å². The van der Waals surface area contributed by atoms with E-state index in [-0.39, 0.29) is 24.8 Å². The Kier molecular flexibility index (Phi) is 4.81. The van der Waals surface area contributed by atoms with E-state index < -0.39 is 0 Å². The number of carbonyl (C=O) groups excluding carboxylic acids is 1. The third-order valence-electron chi connectivity index (χ3n) is 3.36. The molecule has 0 aromatic heterocycles. The lowest BCUT2D eigenvalue weighted by Crippen LogP contribution is -2.49. The van der Waals surface area contributed by atoms with E-state index in [1.165, 1.54) is 7.11 Å². The number of methoxy groups -OCH3 is 1. The third kappa shape index (κ3) is 3.40. The fourth-order valence-electron chi connectivity index (χ4n) is 2.28. The molecule has 0 amide bonds. The molecule has 0 unspecified atom stereocenters. The number of hydrogen-bond donors (Lipinski definition) is 3. The monoisotopic (exact) mass is 280 g/mol. The summed E-state index contributed by atoms with van der Waals surface area (Å²) in [5.41, 5.74) is 7.09. The largest absolute Gasteiger partial charge is 0.473 e. The van der Waals surface area contributed by atoms with Crippen molar-refractivity contribution in [2.45, 2.75) is 38.1 Å². The van der Waals surface area contributed by atoms with Crippen LogP contribution >= 0.6 is 0 Å². The zero-order valence-electron chi connectivity index (χ0n) is 11.5. The van der Waals surface area contributed by atoms with Crippen molar-refractivity contribution >= 4 is 11.7 Å². The Bertz CT molecular complexity index is 478. The van der Waals surface area contributed by atoms with Crippen LogP contribution in [0.15, 0.2) is 18.2 Å². The Morgan fingerprint density at radius 2 is 2.30 bits per heavy atom.